The van der Waals surface area contributed by atoms with Crippen molar-refractivity contribution in [2.45, 2.75) is 58.2 Å². The standard InChI is InChI=1S/C15H33N3O2S/c1-13(2)10-18-11-15(12-18)21(19,20)17-9-7-5-6-8-16-14(3)4/h13-17H,5-12H2,1-4H3. The van der Waals surface area contributed by atoms with E-state index in [0.717, 1.165) is 32.4 Å². The van der Waals surface area contributed by atoms with Gasteiger partial charge in [0.25, 0.3) is 0 Å². The Bertz CT molecular complexity index is 376. The molecule has 0 spiro atoms. The van der Waals surface area contributed by atoms with Crippen LogP contribution in [0.25, 0.3) is 0 Å². The van der Waals surface area contributed by atoms with E-state index in [1.165, 1.54) is 0 Å². The van der Waals surface area contributed by atoms with E-state index in [4.69, 9.17) is 0 Å². The van der Waals surface area contributed by atoms with Crippen molar-refractivity contribution in [1.29, 1.82) is 0 Å². The highest BCUT2D eigenvalue weighted by Gasteiger charge is 2.36. The van der Waals surface area contributed by atoms with E-state index in [2.05, 4.69) is 42.6 Å². The van der Waals surface area contributed by atoms with Crippen LogP contribution >= 0.6 is 0 Å². The van der Waals surface area contributed by atoms with Crippen LogP contribution < -0.4 is 10.0 Å². The predicted molar refractivity (Wildman–Crippen MR) is 89.0 cm³/mol. The van der Waals surface area contributed by atoms with E-state index in [1.54, 1.807) is 0 Å². The first-order valence-electron chi connectivity index (χ1n) is 8.25. The zero-order valence-corrected chi connectivity index (χ0v) is 14.9. The van der Waals surface area contributed by atoms with Gasteiger partial charge in [-0.2, -0.15) is 0 Å². The summed E-state index contributed by atoms with van der Waals surface area (Å²) in [6, 6.07) is 0.524. The molecule has 2 N–H and O–H groups in total. The van der Waals surface area contributed by atoms with E-state index in [-0.39, 0.29) is 5.25 Å². The van der Waals surface area contributed by atoms with E-state index in [1.807, 2.05) is 0 Å². The van der Waals surface area contributed by atoms with E-state index in [9.17, 15) is 8.42 Å². The van der Waals surface area contributed by atoms with Crippen LogP contribution in [0.4, 0.5) is 0 Å². The summed E-state index contributed by atoms with van der Waals surface area (Å²) in [5.41, 5.74) is 0. The third-order valence-corrected chi connectivity index (χ3v) is 5.48. The molecule has 0 unspecified atom stereocenters. The van der Waals surface area contributed by atoms with Crippen LogP contribution in [-0.2, 0) is 10.0 Å². The molecule has 0 amide bonds. The maximum Gasteiger partial charge on any atom is 0.217 e. The number of hydrogen-bond donors (Lipinski definition) is 2. The highest BCUT2D eigenvalue weighted by Crippen LogP contribution is 2.16. The Morgan fingerprint density at radius 1 is 1.05 bits per heavy atom. The van der Waals surface area contributed by atoms with Gasteiger partial charge in [0.1, 0.15) is 5.25 Å². The Hall–Kier alpha value is -0.170. The second kappa shape index (κ2) is 9.08. The summed E-state index contributed by atoms with van der Waals surface area (Å²) in [6.07, 6.45) is 3.08. The maximum absolute atomic E-state index is 12.1. The van der Waals surface area contributed by atoms with E-state index >= 15 is 0 Å². The predicted octanol–water partition coefficient (Wildman–Crippen LogP) is 1.41. The second-order valence-corrected chi connectivity index (χ2v) is 8.89. The molecular formula is C15H33N3O2S. The molecular weight excluding hydrogens is 286 g/mol. The molecule has 0 aliphatic carbocycles. The Balaban J connectivity index is 2.06. The lowest BCUT2D eigenvalue weighted by Crippen LogP contribution is -2.58. The number of likely N-dealkylation sites (tertiary alicyclic amines) is 1. The third kappa shape index (κ3) is 7.58. The van der Waals surface area contributed by atoms with Crippen LogP contribution in [0.15, 0.2) is 0 Å². The van der Waals surface area contributed by atoms with E-state index < -0.39 is 10.0 Å². The molecule has 5 nitrogen and oxygen atoms in total. The molecule has 1 rings (SSSR count). The van der Waals surface area contributed by atoms with Gasteiger partial charge in [0.05, 0.1) is 0 Å². The number of unbranched alkanes of at least 4 members (excludes halogenated alkanes) is 2. The normalized spacial score (nSPS) is 17.6. The van der Waals surface area contributed by atoms with E-state index in [0.29, 0.717) is 31.6 Å². The third-order valence-electron chi connectivity index (χ3n) is 3.70. The minimum absolute atomic E-state index is 0.209. The van der Waals surface area contributed by atoms with Gasteiger partial charge < -0.3 is 10.2 Å². The van der Waals surface area contributed by atoms with Gasteiger partial charge >= 0.3 is 0 Å². The summed E-state index contributed by atoms with van der Waals surface area (Å²) in [5, 5.41) is 3.16. The molecule has 1 fully saturated rings. The Labute approximate surface area is 130 Å². The zero-order valence-electron chi connectivity index (χ0n) is 14.1. The second-order valence-electron chi connectivity index (χ2n) is 6.84. The Morgan fingerprint density at radius 2 is 1.67 bits per heavy atom. The van der Waals surface area contributed by atoms with Gasteiger partial charge in [0.15, 0.2) is 0 Å². The van der Waals surface area contributed by atoms with Crippen LogP contribution in [0.3, 0.4) is 0 Å². The molecule has 1 aliphatic rings. The number of sulfonamides is 1. The fourth-order valence-electron chi connectivity index (χ4n) is 2.53. The molecule has 6 heteroatoms. The zero-order chi connectivity index (χ0) is 15.9. The molecule has 0 aromatic carbocycles. The minimum atomic E-state index is -3.11. The molecule has 0 radical (unpaired) electrons. The van der Waals surface area contributed by atoms with Crippen LogP contribution in [0.2, 0.25) is 0 Å². The van der Waals surface area contributed by atoms with Crippen molar-refractivity contribution >= 4 is 10.0 Å². The van der Waals surface area contributed by atoms with Crippen LogP contribution in [-0.4, -0.2) is 57.3 Å². The molecule has 0 bridgehead atoms. The van der Waals surface area contributed by atoms with Gasteiger partial charge in [0, 0.05) is 32.2 Å². The van der Waals surface area contributed by atoms with Crippen molar-refractivity contribution in [3.8, 4) is 0 Å². The molecule has 0 saturated carbocycles. The smallest absolute Gasteiger partial charge is 0.217 e. The average molecular weight is 320 g/mol. The highest BCUT2D eigenvalue weighted by atomic mass is 32.2. The van der Waals surface area contributed by atoms with Crippen molar-refractivity contribution in [2.75, 3.05) is 32.7 Å². The molecule has 1 saturated heterocycles. The lowest BCUT2D eigenvalue weighted by atomic mass is 10.1. The summed E-state index contributed by atoms with van der Waals surface area (Å²) in [7, 11) is -3.11. The minimum Gasteiger partial charge on any atom is -0.315 e. The summed E-state index contributed by atoms with van der Waals surface area (Å²) in [4.78, 5) is 2.21. The van der Waals surface area contributed by atoms with Crippen LogP contribution in [0.5, 0.6) is 0 Å². The lowest BCUT2D eigenvalue weighted by molar-refractivity contribution is 0.164. The van der Waals surface area contributed by atoms with Gasteiger partial charge in [-0.25, -0.2) is 13.1 Å². The van der Waals surface area contributed by atoms with Crippen molar-refractivity contribution in [3.63, 3.8) is 0 Å². The quantitative estimate of drug-likeness (QED) is 0.565. The Morgan fingerprint density at radius 3 is 2.24 bits per heavy atom. The number of nitrogens with zero attached hydrogens (tertiary/aromatic N) is 1. The van der Waals surface area contributed by atoms with Gasteiger partial charge in [0.2, 0.25) is 10.0 Å². The number of hydrogen-bond acceptors (Lipinski definition) is 4. The highest BCUT2D eigenvalue weighted by molar-refractivity contribution is 7.90. The first-order chi connectivity index (χ1) is 9.81. The molecule has 1 aliphatic heterocycles. The molecule has 1 heterocycles. The van der Waals surface area contributed by atoms with Gasteiger partial charge in [-0.15, -0.1) is 0 Å². The van der Waals surface area contributed by atoms with Crippen LogP contribution in [0, 0.1) is 5.92 Å². The molecule has 0 aromatic heterocycles. The van der Waals surface area contributed by atoms with Crippen LogP contribution in [0.1, 0.15) is 47.0 Å². The van der Waals surface area contributed by atoms with Crippen molar-refractivity contribution in [3.05, 3.63) is 0 Å². The molecule has 126 valence electrons. The number of rotatable bonds is 11. The van der Waals surface area contributed by atoms with Crippen molar-refractivity contribution in [2.24, 2.45) is 5.92 Å². The topological polar surface area (TPSA) is 61.4 Å². The lowest BCUT2D eigenvalue weighted by Gasteiger charge is -2.39. The monoisotopic (exact) mass is 319 g/mol. The van der Waals surface area contributed by atoms with Gasteiger partial charge in [-0.05, 0) is 25.3 Å². The first kappa shape index (κ1) is 18.9. The largest absolute Gasteiger partial charge is 0.315 e. The summed E-state index contributed by atoms with van der Waals surface area (Å²) >= 11 is 0. The molecule has 21 heavy (non-hydrogen) atoms. The SMILES string of the molecule is CC(C)CN1CC(S(=O)(=O)NCCCCCNC(C)C)C1. The van der Waals surface area contributed by atoms with Crippen molar-refractivity contribution < 1.29 is 8.42 Å². The molecule has 0 aromatic rings. The summed E-state index contributed by atoms with van der Waals surface area (Å²) in [5.74, 6) is 0.598. The molecule has 0 atom stereocenters. The fourth-order valence-corrected chi connectivity index (χ4v) is 4.01. The van der Waals surface area contributed by atoms with Crippen molar-refractivity contribution in [1.82, 2.24) is 14.9 Å². The maximum atomic E-state index is 12.1. The summed E-state index contributed by atoms with van der Waals surface area (Å²) in [6.45, 7) is 12.5. The fraction of sp³-hybridized carbons (Fsp3) is 1.00. The van der Waals surface area contributed by atoms with Gasteiger partial charge in [-0.1, -0.05) is 34.1 Å². The number of nitrogens with one attached hydrogen (secondary N) is 2. The summed E-state index contributed by atoms with van der Waals surface area (Å²) < 4.78 is 26.9. The first-order valence-corrected chi connectivity index (χ1v) is 9.80. The van der Waals surface area contributed by atoms with Gasteiger partial charge in [-0.3, -0.25) is 0 Å². The Kier molecular flexibility index (Phi) is 8.16. The average Bonchev–Trinajstić information content (AvgIpc) is 2.31.